The first kappa shape index (κ1) is 33.8. The number of rotatable bonds is 11. The van der Waals surface area contributed by atoms with Gasteiger partial charge in [-0.25, -0.2) is 8.42 Å². The monoisotopic (exact) mass is 595 g/mol. The third-order valence-electron chi connectivity index (χ3n) is 5.93. The van der Waals surface area contributed by atoms with Crippen LogP contribution in [0.25, 0.3) is 0 Å². The minimum absolute atomic E-state index is 0. The lowest BCUT2D eigenvalue weighted by Gasteiger charge is -2.32. The van der Waals surface area contributed by atoms with E-state index in [1.807, 2.05) is 0 Å². The van der Waals surface area contributed by atoms with Crippen molar-refractivity contribution in [3.8, 4) is 5.75 Å². The van der Waals surface area contributed by atoms with Gasteiger partial charge in [-0.3, -0.25) is 9.59 Å². The molecule has 1 aliphatic rings. The van der Waals surface area contributed by atoms with Crippen LogP contribution in [0, 0.1) is 5.92 Å². The molecule has 1 saturated heterocycles. The summed E-state index contributed by atoms with van der Waals surface area (Å²) >= 11 is 0. The SMILES string of the molecule is COc1ccc(CS(=O)(=O)[C@H]2CN[C@H](C(=O)NC(C(C)C)C(O)C(F)(F)C(=O)NCC(F)(F)F)C2)cc1.Cl. The number of hydrogen-bond acceptors (Lipinski definition) is 7. The van der Waals surface area contributed by atoms with Crippen molar-refractivity contribution >= 4 is 34.1 Å². The lowest BCUT2D eigenvalue weighted by molar-refractivity contribution is -0.174. The maximum absolute atomic E-state index is 14.4. The summed E-state index contributed by atoms with van der Waals surface area (Å²) in [6.07, 6.45) is -7.96. The summed E-state index contributed by atoms with van der Waals surface area (Å²) in [5.74, 6) is -8.51. The van der Waals surface area contributed by atoms with Crippen molar-refractivity contribution in [3.63, 3.8) is 0 Å². The number of ether oxygens (including phenoxy) is 1. The van der Waals surface area contributed by atoms with Crippen molar-refractivity contribution in [2.45, 2.75) is 61.6 Å². The first-order valence-corrected chi connectivity index (χ1v) is 13.0. The average Bonchev–Trinajstić information content (AvgIpc) is 3.31. The Kier molecular flexibility index (Phi) is 11.8. The van der Waals surface area contributed by atoms with Crippen LogP contribution in [0.1, 0.15) is 25.8 Å². The minimum atomic E-state index is -4.94. The van der Waals surface area contributed by atoms with Gasteiger partial charge in [0.1, 0.15) is 18.4 Å². The predicted octanol–water partition coefficient (Wildman–Crippen LogP) is 1.58. The Hall–Kier alpha value is -2.23. The van der Waals surface area contributed by atoms with Crippen molar-refractivity contribution in [3.05, 3.63) is 29.8 Å². The molecular weight excluding hydrogens is 565 g/mol. The van der Waals surface area contributed by atoms with Crippen molar-refractivity contribution < 1.29 is 49.8 Å². The highest BCUT2D eigenvalue weighted by atomic mass is 35.5. The number of carbonyl (C=O) groups excluding carboxylic acids is 2. The summed E-state index contributed by atoms with van der Waals surface area (Å²) in [4.78, 5) is 24.4. The number of nitrogens with one attached hydrogen (secondary N) is 3. The Morgan fingerprint density at radius 2 is 1.74 bits per heavy atom. The molecule has 4 atom stereocenters. The molecule has 1 aliphatic heterocycles. The molecule has 2 amide bonds. The fourth-order valence-corrected chi connectivity index (χ4v) is 5.51. The van der Waals surface area contributed by atoms with Crippen molar-refractivity contribution in [2.75, 3.05) is 20.2 Å². The van der Waals surface area contributed by atoms with Gasteiger partial charge in [-0.15, -0.1) is 12.4 Å². The number of carbonyl (C=O) groups is 2. The standard InChI is InChI=1S/C22H30F5N3O6S.ClH/c1-12(2)17(18(31)22(26,27)20(33)29-11-21(23,24)25)30-19(32)16-8-15(9-28-16)37(34,35)10-13-4-6-14(36-3)7-5-13;/h4-7,12,15-18,28,31H,8-11H2,1-3H3,(H,29,33)(H,30,32);1H/t15-,16+,17?,18?;/m1./s1. The van der Waals surface area contributed by atoms with Crippen LogP contribution in [0.2, 0.25) is 0 Å². The third kappa shape index (κ3) is 8.92. The van der Waals surface area contributed by atoms with Gasteiger partial charge in [-0.05, 0) is 30.0 Å². The van der Waals surface area contributed by atoms with Gasteiger partial charge in [0.15, 0.2) is 9.84 Å². The number of sulfone groups is 1. The van der Waals surface area contributed by atoms with Crippen LogP contribution in [0.3, 0.4) is 0 Å². The highest BCUT2D eigenvalue weighted by Gasteiger charge is 2.52. The molecule has 0 radical (unpaired) electrons. The molecule has 38 heavy (non-hydrogen) atoms. The zero-order chi connectivity index (χ0) is 28.2. The number of hydrogen-bond donors (Lipinski definition) is 4. The van der Waals surface area contributed by atoms with Gasteiger partial charge in [-0.1, -0.05) is 26.0 Å². The van der Waals surface area contributed by atoms with Crippen LogP contribution in [-0.4, -0.2) is 81.1 Å². The lowest BCUT2D eigenvalue weighted by atomic mass is 9.93. The number of alkyl halides is 5. The van der Waals surface area contributed by atoms with Gasteiger partial charge < -0.3 is 25.8 Å². The highest BCUT2D eigenvalue weighted by molar-refractivity contribution is 7.91. The molecular formula is C22H31ClF5N3O6S. The number of benzene rings is 1. The Bertz CT molecular complexity index is 1060. The fourth-order valence-electron chi connectivity index (χ4n) is 3.78. The van der Waals surface area contributed by atoms with Crippen molar-refractivity contribution in [1.29, 1.82) is 0 Å². The fraction of sp³-hybridized carbons (Fsp3) is 0.636. The van der Waals surface area contributed by atoms with E-state index in [4.69, 9.17) is 4.74 Å². The van der Waals surface area contributed by atoms with Gasteiger partial charge in [0, 0.05) is 6.54 Å². The second-order valence-electron chi connectivity index (χ2n) is 9.12. The van der Waals surface area contributed by atoms with E-state index in [2.05, 4.69) is 10.6 Å². The van der Waals surface area contributed by atoms with Crippen LogP contribution < -0.4 is 20.7 Å². The van der Waals surface area contributed by atoms with E-state index in [0.717, 1.165) is 5.32 Å². The summed E-state index contributed by atoms with van der Waals surface area (Å²) in [6, 6.07) is 3.55. The number of methoxy groups -OCH3 is 1. The molecule has 1 fully saturated rings. The number of halogens is 6. The van der Waals surface area contributed by atoms with E-state index in [1.54, 1.807) is 24.3 Å². The quantitative estimate of drug-likeness (QED) is 0.286. The zero-order valence-corrected chi connectivity index (χ0v) is 22.4. The molecule has 9 nitrogen and oxygen atoms in total. The molecule has 2 rings (SSSR count). The minimum Gasteiger partial charge on any atom is -0.497 e. The predicted molar refractivity (Wildman–Crippen MR) is 130 cm³/mol. The Labute approximate surface area is 223 Å². The van der Waals surface area contributed by atoms with Gasteiger partial charge in [-0.2, -0.15) is 22.0 Å². The van der Waals surface area contributed by atoms with Gasteiger partial charge in [0.05, 0.1) is 30.2 Å². The topological polar surface area (TPSA) is 134 Å². The van der Waals surface area contributed by atoms with E-state index in [9.17, 15) is 45.1 Å². The molecule has 218 valence electrons. The van der Waals surface area contributed by atoms with Crippen LogP contribution in [0.15, 0.2) is 24.3 Å². The van der Waals surface area contributed by atoms with Crippen LogP contribution >= 0.6 is 12.4 Å². The number of aliphatic hydroxyl groups is 1. The largest absolute Gasteiger partial charge is 0.497 e. The molecule has 0 spiro atoms. The zero-order valence-electron chi connectivity index (χ0n) is 20.7. The third-order valence-corrected chi connectivity index (χ3v) is 8.04. The maximum atomic E-state index is 14.4. The van der Waals surface area contributed by atoms with E-state index in [-0.39, 0.29) is 31.1 Å². The second-order valence-corrected chi connectivity index (χ2v) is 11.4. The van der Waals surface area contributed by atoms with E-state index >= 15 is 0 Å². The van der Waals surface area contributed by atoms with Gasteiger partial charge in [0.2, 0.25) is 5.91 Å². The molecule has 0 saturated carbocycles. The van der Waals surface area contributed by atoms with E-state index in [0.29, 0.717) is 11.3 Å². The van der Waals surface area contributed by atoms with Crippen LogP contribution in [-0.2, 0) is 25.2 Å². The number of amides is 2. The van der Waals surface area contributed by atoms with Crippen LogP contribution in [0.4, 0.5) is 22.0 Å². The summed E-state index contributed by atoms with van der Waals surface area (Å²) in [6.45, 7) is 0.594. The molecule has 2 unspecified atom stereocenters. The number of aliphatic hydroxyl groups excluding tert-OH is 1. The molecule has 16 heteroatoms. The smallest absolute Gasteiger partial charge is 0.405 e. The molecule has 1 aromatic rings. The highest BCUT2D eigenvalue weighted by Crippen LogP contribution is 2.26. The molecule has 1 aromatic carbocycles. The summed E-state index contributed by atoms with van der Waals surface area (Å²) in [7, 11) is -2.24. The lowest BCUT2D eigenvalue weighted by Crippen LogP contribution is -2.61. The summed E-state index contributed by atoms with van der Waals surface area (Å²) < 4.78 is 96.3. The molecule has 0 aliphatic carbocycles. The summed E-state index contributed by atoms with van der Waals surface area (Å²) in [5.41, 5.74) is 0.503. The Balaban J connectivity index is 0.00000722. The maximum Gasteiger partial charge on any atom is 0.405 e. The normalized spacial score (nSPS) is 19.8. The first-order valence-electron chi connectivity index (χ1n) is 11.3. The van der Waals surface area contributed by atoms with Crippen molar-refractivity contribution in [2.24, 2.45) is 5.92 Å². The summed E-state index contributed by atoms with van der Waals surface area (Å²) in [5, 5.41) is 15.1. The van der Waals surface area contributed by atoms with Crippen LogP contribution in [0.5, 0.6) is 5.75 Å². The molecule has 4 N–H and O–H groups in total. The average molecular weight is 596 g/mol. The van der Waals surface area contributed by atoms with E-state index in [1.165, 1.54) is 21.0 Å². The Morgan fingerprint density at radius 3 is 2.24 bits per heavy atom. The second kappa shape index (κ2) is 13.2. The van der Waals surface area contributed by atoms with Gasteiger partial charge >= 0.3 is 12.1 Å². The molecule has 0 aromatic heterocycles. The van der Waals surface area contributed by atoms with E-state index < -0.39 is 69.7 Å². The van der Waals surface area contributed by atoms with Gasteiger partial charge in [0.25, 0.3) is 5.91 Å². The molecule has 0 bridgehead atoms. The first-order chi connectivity index (χ1) is 17.0. The Morgan fingerprint density at radius 1 is 1.16 bits per heavy atom. The molecule has 1 heterocycles. The van der Waals surface area contributed by atoms with Crippen molar-refractivity contribution in [1.82, 2.24) is 16.0 Å².